The molecule has 2 N–H and O–H groups in total. The number of rotatable bonds is 2. The molecule has 1 aromatic heterocycles. The lowest BCUT2D eigenvalue weighted by Crippen LogP contribution is -2.22. The lowest BCUT2D eigenvalue weighted by atomic mass is 10.1. The Morgan fingerprint density at radius 2 is 2.33 bits per heavy atom. The Morgan fingerprint density at radius 1 is 1.44 bits per heavy atom. The standard InChI is InChI=1S/C14H16ClN3/c15-11-4-1-3-10(7-11)8-14-17-9-13-12(16)5-2-6-18(13)14/h1,3-4,7,9,12H,2,5-6,8,16H2. The van der Waals surface area contributed by atoms with Crippen LogP contribution >= 0.6 is 11.6 Å². The number of hydrogen-bond acceptors (Lipinski definition) is 2. The van der Waals surface area contributed by atoms with E-state index in [-0.39, 0.29) is 6.04 Å². The molecule has 0 bridgehead atoms. The highest BCUT2D eigenvalue weighted by Crippen LogP contribution is 2.25. The van der Waals surface area contributed by atoms with Crippen LogP contribution in [0.3, 0.4) is 0 Å². The number of nitrogens with zero attached hydrogens (tertiary/aromatic N) is 2. The summed E-state index contributed by atoms with van der Waals surface area (Å²) >= 11 is 6.00. The molecule has 3 rings (SSSR count). The predicted octanol–water partition coefficient (Wildman–Crippen LogP) is 2.92. The van der Waals surface area contributed by atoms with Crippen LogP contribution in [0.2, 0.25) is 5.02 Å². The van der Waals surface area contributed by atoms with Crippen molar-refractivity contribution in [2.75, 3.05) is 0 Å². The van der Waals surface area contributed by atoms with Crippen molar-refractivity contribution in [3.8, 4) is 0 Å². The van der Waals surface area contributed by atoms with Gasteiger partial charge in [-0.3, -0.25) is 0 Å². The highest BCUT2D eigenvalue weighted by molar-refractivity contribution is 6.30. The Morgan fingerprint density at radius 3 is 3.17 bits per heavy atom. The van der Waals surface area contributed by atoms with Crippen molar-refractivity contribution in [3.63, 3.8) is 0 Å². The van der Waals surface area contributed by atoms with Crippen LogP contribution in [0.25, 0.3) is 0 Å². The van der Waals surface area contributed by atoms with E-state index >= 15 is 0 Å². The number of nitrogens with two attached hydrogens (primary N) is 1. The highest BCUT2D eigenvalue weighted by atomic mass is 35.5. The van der Waals surface area contributed by atoms with Crippen LogP contribution < -0.4 is 5.73 Å². The molecule has 1 aromatic carbocycles. The van der Waals surface area contributed by atoms with Gasteiger partial charge in [-0.15, -0.1) is 0 Å². The maximum absolute atomic E-state index is 6.10. The molecular formula is C14H16ClN3. The van der Waals surface area contributed by atoms with Crippen molar-refractivity contribution >= 4 is 11.6 Å². The van der Waals surface area contributed by atoms with Crippen molar-refractivity contribution in [1.82, 2.24) is 9.55 Å². The van der Waals surface area contributed by atoms with E-state index in [0.717, 1.165) is 36.7 Å². The smallest absolute Gasteiger partial charge is 0.113 e. The van der Waals surface area contributed by atoms with Gasteiger partial charge >= 0.3 is 0 Å². The summed E-state index contributed by atoms with van der Waals surface area (Å²) in [5.41, 5.74) is 8.45. The van der Waals surface area contributed by atoms with Gasteiger partial charge in [0.05, 0.1) is 11.9 Å². The lowest BCUT2D eigenvalue weighted by Gasteiger charge is -2.22. The van der Waals surface area contributed by atoms with E-state index in [9.17, 15) is 0 Å². The second-order valence-electron chi connectivity index (χ2n) is 4.81. The van der Waals surface area contributed by atoms with Crippen LogP contribution in [0.4, 0.5) is 0 Å². The van der Waals surface area contributed by atoms with Gasteiger partial charge in [-0.05, 0) is 30.5 Å². The van der Waals surface area contributed by atoms with Crippen LogP contribution in [0, 0.1) is 0 Å². The molecule has 3 nitrogen and oxygen atoms in total. The maximum Gasteiger partial charge on any atom is 0.113 e. The zero-order valence-corrected chi connectivity index (χ0v) is 10.9. The van der Waals surface area contributed by atoms with Gasteiger partial charge in [-0.25, -0.2) is 4.98 Å². The zero-order chi connectivity index (χ0) is 12.5. The second-order valence-corrected chi connectivity index (χ2v) is 5.24. The zero-order valence-electron chi connectivity index (χ0n) is 10.1. The third kappa shape index (κ3) is 2.16. The Bertz CT molecular complexity index is 562. The molecule has 94 valence electrons. The van der Waals surface area contributed by atoms with Gasteiger partial charge in [-0.1, -0.05) is 23.7 Å². The van der Waals surface area contributed by atoms with Crippen LogP contribution in [0.15, 0.2) is 30.5 Å². The number of benzene rings is 1. The molecule has 0 saturated heterocycles. The second kappa shape index (κ2) is 4.75. The first-order valence-corrected chi connectivity index (χ1v) is 6.66. The van der Waals surface area contributed by atoms with Crippen molar-refractivity contribution in [2.45, 2.75) is 31.8 Å². The normalized spacial score (nSPS) is 18.7. The summed E-state index contributed by atoms with van der Waals surface area (Å²) in [6.07, 6.45) is 4.92. The molecule has 0 amide bonds. The summed E-state index contributed by atoms with van der Waals surface area (Å²) < 4.78 is 2.26. The van der Waals surface area contributed by atoms with E-state index in [1.165, 1.54) is 11.3 Å². The molecule has 0 saturated carbocycles. The summed E-state index contributed by atoms with van der Waals surface area (Å²) in [5.74, 6) is 1.09. The monoisotopic (exact) mass is 261 g/mol. The number of imidazole rings is 1. The molecule has 1 atom stereocenters. The predicted molar refractivity (Wildman–Crippen MR) is 72.6 cm³/mol. The Kier molecular flexibility index (Phi) is 3.10. The molecule has 0 spiro atoms. The van der Waals surface area contributed by atoms with Gasteiger partial charge in [-0.2, -0.15) is 0 Å². The molecule has 1 aliphatic rings. The summed E-state index contributed by atoms with van der Waals surface area (Å²) in [6, 6.07) is 8.08. The Balaban J connectivity index is 1.90. The van der Waals surface area contributed by atoms with Crippen LogP contribution in [-0.4, -0.2) is 9.55 Å². The van der Waals surface area contributed by atoms with E-state index in [4.69, 9.17) is 17.3 Å². The van der Waals surface area contributed by atoms with Gasteiger partial charge < -0.3 is 10.3 Å². The largest absolute Gasteiger partial charge is 0.330 e. The third-order valence-corrected chi connectivity index (χ3v) is 3.73. The van der Waals surface area contributed by atoms with Crippen LogP contribution in [-0.2, 0) is 13.0 Å². The minimum atomic E-state index is 0.138. The first-order chi connectivity index (χ1) is 8.74. The average Bonchev–Trinajstić information content (AvgIpc) is 2.74. The molecular weight excluding hydrogens is 246 g/mol. The molecule has 1 unspecified atom stereocenters. The van der Waals surface area contributed by atoms with Gasteiger partial charge in [0.15, 0.2) is 0 Å². The number of fused-ring (bicyclic) bond motifs is 1. The number of halogens is 1. The minimum absolute atomic E-state index is 0.138. The maximum atomic E-state index is 6.10. The van der Waals surface area contributed by atoms with Crippen molar-refractivity contribution in [3.05, 3.63) is 52.6 Å². The summed E-state index contributed by atoms with van der Waals surface area (Å²) in [4.78, 5) is 4.51. The van der Waals surface area contributed by atoms with Gasteiger partial charge in [0.1, 0.15) is 5.82 Å². The minimum Gasteiger partial charge on any atom is -0.330 e. The van der Waals surface area contributed by atoms with E-state index in [1.807, 2.05) is 24.4 Å². The molecule has 0 fully saturated rings. The molecule has 18 heavy (non-hydrogen) atoms. The van der Waals surface area contributed by atoms with Crippen LogP contribution in [0.5, 0.6) is 0 Å². The molecule has 2 heterocycles. The fraction of sp³-hybridized carbons (Fsp3) is 0.357. The number of hydrogen-bond donors (Lipinski definition) is 1. The van der Waals surface area contributed by atoms with Crippen LogP contribution in [0.1, 0.15) is 36.0 Å². The lowest BCUT2D eigenvalue weighted by molar-refractivity contribution is 0.454. The molecule has 0 aliphatic carbocycles. The molecule has 4 heteroatoms. The van der Waals surface area contributed by atoms with E-state index in [1.54, 1.807) is 0 Å². The van der Waals surface area contributed by atoms with E-state index < -0.39 is 0 Å². The SMILES string of the molecule is NC1CCCn2c1cnc2Cc1cccc(Cl)c1. The van der Waals surface area contributed by atoms with Crippen molar-refractivity contribution in [1.29, 1.82) is 0 Å². The first-order valence-electron chi connectivity index (χ1n) is 6.28. The molecule has 0 radical (unpaired) electrons. The van der Waals surface area contributed by atoms with Gasteiger partial charge in [0, 0.05) is 24.0 Å². The summed E-state index contributed by atoms with van der Waals surface area (Å²) in [6.45, 7) is 1.03. The van der Waals surface area contributed by atoms with Crippen molar-refractivity contribution in [2.24, 2.45) is 5.73 Å². The Labute approximate surface area is 112 Å². The fourth-order valence-corrected chi connectivity index (χ4v) is 2.78. The quantitative estimate of drug-likeness (QED) is 0.903. The van der Waals surface area contributed by atoms with Gasteiger partial charge in [0.2, 0.25) is 0 Å². The number of aromatic nitrogens is 2. The topological polar surface area (TPSA) is 43.8 Å². The Hall–Kier alpha value is -1.32. The molecule has 2 aromatic rings. The fourth-order valence-electron chi connectivity index (χ4n) is 2.57. The first kappa shape index (κ1) is 11.8. The average molecular weight is 262 g/mol. The highest BCUT2D eigenvalue weighted by Gasteiger charge is 2.20. The third-order valence-electron chi connectivity index (χ3n) is 3.50. The van der Waals surface area contributed by atoms with E-state index in [0.29, 0.717) is 0 Å². The van der Waals surface area contributed by atoms with Crippen molar-refractivity contribution < 1.29 is 0 Å². The molecule has 1 aliphatic heterocycles. The summed E-state index contributed by atoms with van der Waals surface area (Å²) in [7, 11) is 0. The summed E-state index contributed by atoms with van der Waals surface area (Å²) in [5, 5.41) is 0.773. The van der Waals surface area contributed by atoms with E-state index in [2.05, 4.69) is 15.6 Å². The van der Waals surface area contributed by atoms with Gasteiger partial charge in [0.25, 0.3) is 0 Å².